The van der Waals surface area contributed by atoms with Gasteiger partial charge in [-0.25, -0.2) is 0 Å². The highest BCUT2D eigenvalue weighted by atomic mass is 79.9. The first-order valence-electron chi connectivity index (χ1n) is 6.19. The molecule has 0 aliphatic carbocycles. The average Bonchev–Trinajstić information content (AvgIpc) is 2.35. The van der Waals surface area contributed by atoms with Crippen LogP contribution >= 0.6 is 15.9 Å². The van der Waals surface area contributed by atoms with E-state index in [0.29, 0.717) is 6.54 Å². The van der Waals surface area contributed by atoms with Crippen LogP contribution in [0.15, 0.2) is 28.7 Å². The van der Waals surface area contributed by atoms with Gasteiger partial charge in [0.15, 0.2) is 0 Å². The van der Waals surface area contributed by atoms with E-state index in [1.807, 2.05) is 24.3 Å². The summed E-state index contributed by atoms with van der Waals surface area (Å²) in [5.74, 6) is 0. The molecule has 3 heteroatoms. The van der Waals surface area contributed by atoms with Gasteiger partial charge in [0.1, 0.15) is 0 Å². The van der Waals surface area contributed by atoms with Crippen molar-refractivity contribution in [1.82, 2.24) is 5.32 Å². The molecular formula is C14H22BrNO. The molecule has 2 N–H and O–H groups in total. The van der Waals surface area contributed by atoms with Crippen LogP contribution in [0.3, 0.4) is 0 Å². The highest BCUT2D eigenvalue weighted by molar-refractivity contribution is 9.10. The van der Waals surface area contributed by atoms with Gasteiger partial charge in [0.25, 0.3) is 0 Å². The van der Waals surface area contributed by atoms with Crippen LogP contribution in [0.5, 0.6) is 0 Å². The van der Waals surface area contributed by atoms with Crippen LogP contribution in [-0.2, 0) is 0 Å². The third-order valence-electron chi connectivity index (χ3n) is 3.52. The standard InChI is InChI=1S/C14H22BrNO/c1-4-14(3,5-2)16-10-13(17)11-7-6-8-12(15)9-11/h6-9,13,16-17H,4-5,10H2,1-3H3. The fourth-order valence-electron chi connectivity index (χ4n) is 1.67. The van der Waals surface area contributed by atoms with E-state index in [2.05, 4.69) is 42.0 Å². The molecule has 17 heavy (non-hydrogen) atoms. The van der Waals surface area contributed by atoms with Gasteiger partial charge in [-0.1, -0.05) is 41.9 Å². The Morgan fingerprint density at radius 2 is 2.00 bits per heavy atom. The summed E-state index contributed by atoms with van der Waals surface area (Å²) in [5, 5.41) is 13.6. The Bertz CT molecular complexity index is 350. The van der Waals surface area contributed by atoms with Crippen molar-refractivity contribution in [1.29, 1.82) is 0 Å². The predicted octanol–water partition coefficient (Wildman–Crippen LogP) is 3.65. The van der Waals surface area contributed by atoms with E-state index in [9.17, 15) is 5.11 Å². The number of rotatable bonds is 6. The van der Waals surface area contributed by atoms with E-state index >= 15 is 0 Å². The number of β-amino-alcohol motifs (C(OH)–C–C–N with tert-alkyl or cyclic N) is 1. The second kappa shape index (κ2) is 6.53. The monoisotopic (exact) mass is 299 g/mol. The zero-order chi connectivity index (χ0) is 12.9. The molecule has 2 nitrogen and oxygen atoms in total. The van der Waals surface area contributed by atoms with Crippen molar-refractivity contribution < 1.29 is 5.11 Å². The number of aliphatic hydroxyl groups excluding tert-OH is 1. The van der Waals surface area contributed by atoms with E-state index in [1.54, 1.807) is 0 Å². The minimum absolute atomic E-state index is 0.118. The summed E-state index contributed by atoms with van der Waals surface area (Å²) in [6, 6.07) is 7.82. The summed E-state index contributed by atoms with van der Waals surface area (Å²) >= 11 is 3.42. The topological polar surface area (TPSA) is 32.3 Å². The molecule has 1 atom stereocenters. The van der Waals surface area contributed by atoms with Gasteiger partial charge in [-0.2, -0.15) is 0 Å². The summed E-state index contributed by atoms with van der Waals surface area (Å²) < 4.78 is 1.00. The maximum absolute atomic E-state index is 10.1. The lowest BCUT2D eigenvalue weighted by atomic mass is 9.95. The van der Waals surface area contributed by atoms with Crippen LogP contribution in [0.4, 0.5) is 0 Å². The van der Waals surface area contributed by atoms with Gasteiger partial charge < -0.3 is 10.4 Å². The Labute approximate surface area is 113 Å². The van der Waals surface area contributed by atoms with Gasteiger partial charge in [-0.05, 0) is 37.5 Å². The van der Waals surface area contributed by atoms with E-state index in [1.165, 1.54) is 0 Å². The van der Waals surface area contributed by atoms with E-state index in [-0.39, 0.29) is 5.54 Å². The molecule has 0 bridgehead atoms. The van der Waals surface area contributed by atoms with Crippen LogP contribution in [0.2, 0.25) is 0 Å². The molecule has 0 amide bonds. The van der Waals surface area contributed by atoms with Crippen molar-refractivity contribution in [2.24, 2.45) is 0 Å². The maximum Gasteiger partial charge on any atom is 0.0914 e. The van der Waals surface area contributed by atoms with Gasteiger partial charge in [0.05, 0.1) is 6.10 Å². The van der Waals surface area contributed by atoms with Crippen molar-refractivity contribution in [3.63, 3.8) is 0 Å². The summed E-state index contributed by atoms with van der Waals surface area (Å²) in [6.45, 7) is 7.12. The van der Waals surface area contributed by atoms with Gasteiger partial charge >= 0.3 is 0 Å². The molecule has 0 aromatic heterocycles. The number of benzene rings is 1. The van der Waals surface area contributed by atoms with Crippen LogP contribution in [0.25, 0.3) is 0 Å². The summed E-state index contributed by atoms with van der Waals surface area (Å²) in [4.78, 5) is 0. The molecule has 0 saturated carbocycles. The van der Waals surface area contributed by atoms with Gasteiger partial charge in [0.2, 0.25) is 0 Å². The molecule has 0 aliphatic heterocycles. The van der Waals surface area contributed by atoms with Crippen molar-refractivity contribution in [2.45, 2.75) is 45.3 Å². The van der Waals surface area contributed by atoms with Crippen LogP contribution in [-0.4, -0.2) is 17.2 Å². The number of aliphatic hydroxyl groups is 1. The maximum atomic E-state index is 10.1. The smallest absolute Gasteiger partial charge is 0.0914 e. The minimum atomic E-state index is -0.454. The zero-order valence-electron chi connectivity index (χ0n) is 10.8. The van der Waals surface area contributed by atoms with Crippen LogP contribution in [0, 0.1) is 0 Å². The summed E-state index contributed by atoms with van der Waals surface area (Å²) in [6.07, 6.45) is 1.67. The molecule has 0 spiro atoms. The number of nitrogens with one attached hydrogen (secondary N) is 1. The highest BCUT2D eigenvalue weighted by Crippen LogP contribution is 2.19. The first kappa shape index (κ1) is 14.7. The van der Waals surface area contributed by atoms with E-state index in [0.717, 1.165) is 22.9 Å². The van der Waals surface area contributed by atoms with Gasteiger partial charge in [0, 0.05) is 16.6 Å². The first-order chi connectivity index (χ1) is 8.00. The average molecular weight is 300 g/mol. The first-order valence-corrected chi connectivity index (χ1v) is 6.98. The Kier molecular flexibility index (Phi) is 5.63. The molecule has 1 aromatic carbocycles. The largest absolute Gasteiger partial charge is 0.387 e. The van der Waals surface area contributed by atoms with Crippen molar-refractivity contribution in [2.75, 3.05) is 6.54 Å². The SMILES string of the molecule is CCC(C)(CC)NCC(O)c1cccc(Br)c1. The summed E-state index contributed by atoms with van der Waals surface area (Å²) in [7, 11) is 0. The number of halogens is 1. The number of hydrogen-bond donors (Lipinski definition) is 2. The Balaban J connectivity index is 2.58. The fourth-order valence-corrected chi connectivity index (χ4v) is 2.09. The van der Waals surface area contributed by atoms with E-state index in [4.69, 9.17) is 0 Å². The lowest BCUT2D eigenvalue weighted by Crippen LogP contribution is -2.43. The van der Waals surface area contributed by atoms with Gasteiger partial charge in [-0.15, -0.1) is 0 Å². The van der Waals surface area contributed by atoms with Crippen LogP contribution < -0.4 is 5.32 Å². The van der Waals surface area contributed by atoms with Crippen LogP contribution in [0.1, 0.15) is 45.3 Å². The normalized spacial score (nSPS) is 13.7. The van der Waals surface area contributed by atoms with Gasteiger partial charge in [-0.3, -0.25) is 0 Å². The zero-order valence-corrected chi connectivity index (χ0v) is 12.4. The molecule has 0 aliphatic rings. The second-order valence-electron chi connectivity index (χ2n) is 4.72. The quantitative estimate of drug-likeness (QED) is 0.840. The van der Waals surface area contributed by atoms with Crippen molar-refractivity contribution in [3.8, 4) is 0 Å². The number of hydrogen-bond acceptors (Lipinski definition) is 2. The molecule has 0 fully saturated rings. The molecule has 0 saturated heterocycles. The Morgan fingerprint density at radius 3 is 2.53 bits per heavy atom. The molecule has 1 rings (SSSR count). The van der Waals surface area contributed by atoms with Crippen molar-refractivity contribution >= 4 is 15.9 Å². The predicted molar refractivity (Wildman–Crippen MR) is 76.1 cm³/mol. The molecule has 0 heterocycles. The molecule has 96 valence electrons. The minimum Gasteiger partial charge on any atom is -0.387 e. The molecular weight excluding hydrogens is 278 g/mol. The molecule has 1 unspecified atom stereocenters. The van der Waals surface area contributed by atoms with Crippen molar-refractivity contribution in [3.05, 3.63) is 34.3 Å². The molecule has 1 aromatic rings. The van der Waals surface area contributed by atoms with E-state index < -0.39 is 6.10 Å². The summed E-state index contributed by atoms with van der Waals surface area (Å²) in [5.41, 5.74) is 1.06. The lowest BCUT2D eigenvalue weighted by molar-refractivity contribution is 0.156. The lowest BCUT2D eigenvalue weighted by Gasteiger charge is -2.29. The third-order valence-corrected chi connectivity index (χ3v) is 4.01. The highest BCUT2D eigenvalue weighted by Gasteiger charge is 2.20. The Morgan fingerprint density at radius 1 is 1.35 bits per heavy atom. The molecule has 0 radical (unpaired) electrons. The third kappa shape index (κ3) is 4.41. The fraction of sp³-hybridized carbons (Fsp3) is 0.571. The Hall–Kier alpha value is -0.380. The second-order valence-corrected chi connectivity index (χ2v) is 5.64.